The predicted molar refractivity (Wildman–Crippen MR) is 84.7 cm³/mol. The smallest absolute Gasteiger partial charge is 0.127 e. The van der Waals surface area contributed by atoms with Crippen molar-refractivity contribution in [3.63, 3.8) is 0 Å². The Morgan fingerprint density at radius 3 is 2.76 bits per heavy atom. The van der Waals surface area contributed by atoms with E-state index in [4.69, 9.17) is 0 Å². The number of hydrogen-bond donors (Lipinski definition) is 1. The quantitative estimate of drug-likeness (QED) is 0.893. The molecule has 1 N–H and O–H groups in total. The number of rotatable bonds is 2. The van der Waals surface area contributed by atoms with Gasteiger partial charge in [0.15, 0.2) is 0 Å². The standard InChI is InChI=1S/C18H27FN2/c1-15-9-12-20-18(10-5-2-6-11-18)14-21(15)13-16-7-3-4-8-17(16)19/h3-4,7-8,15,20H,2,5-6,9-14H2,1H3. The molecule has 2 nitrogen and oxygen atoms in total. The fraction of sp³-hybridized carbons (Fsp3) is 0.667. The summed E-state index contributed by atoms with van der Waals surface area (Å²) in [5.74, 6) is -0.0698. The van der Waals surface area contributed by atoms with Crippen molar-refractivity contribution in [3.05, 3.63) is 35.6 Å². The number of nitrogens with one attached hydrogen (secondary N) is 1. The first-order valence-electron chi connectivity index (χ1n) is 8.41. The van der Waals surface area contributed by atoms with Crippen molar-refractivity contribution in [2.24, 2.45) is 0 Å². The van der Waals surface area contributed by atoms with Crippen molar-refractivity contribution in [2.45, 2.75) is 63.6 Å². The molecular weight excluding hydrogens is 263 g/mol. The summed E-state index contributed by atoms with van der Waals surface area (Å²) in [7, 11) is 0. The highest BCUT2D eigenvalue weighted by atomic mass is 19.1. The lowest BCUT2D eigenvalue weighted by Crippen LogP contribution is -2.53. The lowest BCUT2D eigenvalue weighted by atomic mass is 9.81. The van der Waals surface area contributed by atoms with Crippen LogP contribution in [0.15, 0.2) is 24.3 Å². The average Bonchev–Trinajstić information content (AvgIpc) is 2.63. The topological polar surface area (TPSA) is 15.3 Å². The van der Waals surface area contributed by atoms with E-state index < -0.39 is 0 Å². The first-order valence-corrected chi connectivity index (χ1v) is 8.41. The maximum atomic E-state index is 14.0. The van der Waals surface area contributed by atoms with Gasteiger partial charge in [0.25, 0.3) is 0 Å². The van der Waals surface area contributed by atoms with Crippen LogP contribution in [0.3, 0.4) is 0 Å². The van der Waals surface area contributed by atoms with Gasteiger partial charge >= 0.3 is 0 Å². The van der Waals surface area contributed by atoms with Gasteiger partial charge < -0.3 is 5.32 Å². The lowest BCUT2D eigenvalue weighted by molar-refractivity contribution is 0.130. The molecule has 0 aromatic heterocycles. The van der Waals surface area contributed by atoms with E-state index in [0.717, 1.165) is 31.6 Å². The molecule has 0 bridgehead atoms. The SMILES string of the molecule is CC1CCNC2(CCCCC2)CN1Cc1ccccc1F. The molecule has 1 aliphatic carbocycles. The number of benzene rings is 1. The van der Waals surface area contributed by atoms with Gasteiger partial charge in [-0.1, -0.05) is 37.5 Å². The molecule has 1 atom stereocenters. The van der Waals surface area contributed by atoms with Crippen LogP contribution >= 0.6 is 0 Å². The molecule has 3 heteroatoms. The zero-order valence-electron chi connectivity index (χ0n) is 13.1. The second-order valence-corrected chi connectivity index (χ2v) is 6.90. The summed E-state index contributed by atoms with van der Waals surface area (Å²) in [6, 6.07) is 7.73. The van der Waals surface area contributed by atoms with E-state index in [1.807, 2.05) is 12.1 Å². The lowest BCUT2D eigenvalue weighted by Gasteiger charge is -2.41. The van der Waals surface area contributed by atoms with Crippen molar-refractivity contribution >= 4 is 0 Å². The maximum absolute atomic E-state index is 14.0. The van der Waals surface area contributed by atoms with E-state index >= 15 is 0 Å². The van der Waals surface area contributed by atoms with Gasteiger partial charge in [-0.15, -0.1) is 0 Å². The van der Waals surface area contributed by atoms with Crippen molar-refractivity contribution in [3.8, 4) is 0 Å². The van der Waals surface area contributed by atoms with Gasteiger partial charge in [0.1, 0.15) is 5.82 Å². The Kier molecular flexibility index (Phi) is 4.60. The molecule has 1 aliphatic heterocycles. The van der Waals surface area contributed by atoms with Crippen LogP contribution in [0.1, 0.15) is 51.0 Å². The third-order valence-electron chi connectivity index (χ3n) is 5.33. The molecule has 2 fully saturated rings. The Balaban J connectivity index is 1.76. The molecule has 1 aromatic rings. The Hall–Kier alpha value is -0.930. The second-order valence-electron chi connectivity index (χ2n) is 6.90. The van der Waals surface area contributed by atoms with Crippen LogP contribution in [-0.4, -0.2) is 29.6 Å². The molecule has 3 rings (SSSR count). The van der Waals surface area contributed by atoms with E-state index in [2.05, 4.69) is 17.1 Å². The van der Waals surface area contributed by atoms with E-state index in [-0.39, 0.29) is 11.4 Å². The maximum Gasteiger partial charge on any atom is 0.127 e. The Bertz CT molecular complexity index is 468. The van der Waals surface area contributed by atoms with Crippen LogP contribution in [0, 0.1) is 5.82 Å². The van der Waals surface area contributed by atoms with Crippen molar-refractivity contribution in [1.29, 1.82) is 0 Å². The normalized spacial score (nSPS) is 26.7. The minimum atomic E-state index is -0.0698. The highest BCUT2D eigenvalue weighted by Crippen LogP contribution is 2.32. The van der Waals surface area contributed by atoms with E-state index in [9.17, 15) is 4.39 Å². The van der Waals surface area contributed by atoms with E-state index in [1.165, 1.54) is 32.1 Å². The first kappa shape index (κ1) is 15.0. The van der Waals surface area contributed by atoms with Gasteiger partial charge in [-0.3, -0.25) is 4.90 Å². The summed E-state index contributed by atoms with van der Waals surface area (Å²) >= 11 is 0. The summed E-state index contributed by atoms with van der Waals surface area (Å²) in [6.07, 6.45) is 7.72. The molecule has 1 unspecified atom stereocenters. The van der Waals surface area contributed by atoms with Crippen molar-refractivity contribution in [2.75, 3.05) is 13.1 Å². The first-order chi connectivity index (χ1) is 10.2. The molecule has 0 amide bonds. The van der Waals surface area contributed by atoms with Crippen LogP contribution in [0.4, 0.5) is 4.39 Å². The summed E-state index contributed by atoms with van der Waals surface area (Å²) in [4.78, 5) is 2.49. The number of hydrogen-bond acceptors (Lipinski definition) is 2. The van der Waals surface area contributed by atoms with Crippen LogP contribution in [0.2, 0.25) is 0 Å². The van der Waals surface area contributed by atoms with Crippen LogP contribution < -0.4 is 5.32 Å². The second kappa shape index (κ2) is 6.45. The highest BCUT2D eigenvalue weighted by molar-refractivity contribution is 5.17. The van der Waals surface area contributed by atoms with Gasteiger partial charge in [0.05, 0.1) is 0 Å². The number of halogens is 1. The minimum absolute atomic E-state index is 0.0698. The van der Waals surface area contributed by atoms with Crippen LogP contribution in [-0.2, 0) is 6.54 Å². The number of nitrogens with zero attached hydrogens (tertiary/aromatic N) is 1. The fourth-order valence-electron chi connectivity index (χ4n) is 3.95. The molecular formula is C18H27FN2. The molecule has 21 heavy (non-hydrogen) atoms. The summed E-state index contributed by atoms with van der Waals surface area (Å²) in [5, 5.41) is 3.82. The summed E-state index contributed by atoms with van der Waals surface area (Å²) in [5.41, 5.74) is 1.10. The van der Waals surface area contributed by atoms with Crippen molar-refractivity contribution in [1.82, 2.24) is 10.2 Å². The monoisotopic (exact) mass is 290 g/mol. The van der Waals surface area contributed by atoms with E-state index in [1.54, 1.807) is 12.1 Å². The largest absolute Gasteiger partial charge is 0.310 e. The summed E-state index contributed by atoms with van der Waals surface area (Å²) < 4.78 is 14.0. The van der Waals surface area contributed by atoms with Gasteiger partial charge in [-0.05, 0) is 38.8 Å². The van der Waals surface area contributed by atoms with Gasteiger partial charge in [0, 0.05) is 30.2 Å². The van der Waals surface area contributed by atoms with Crippen LogP contribution in [0.5, 0.6) is 0 Å². The summed E-state index contributed by atoms with van der Waals surface area (Å²) in [6.45, 7) is 5.17. The van der Waals surface area contributed by atoms with Crippen molar-refractivity contribution < 1.29 is 4.39 Å². The third-order valence-corrected chi connectivity index (χ3v) is 5.33. The Morgan fingerprint density at radius 1 is 1.24 bits per heavy atom. The molecule has 2 aliphatic rings. The van der Waals surface area contributed by atoms with Gasteiger partial charge in [0.2, 0.25) is 0 Å². The molecule has 116 valence electrons. The van der Waals surface area contributed by atoms with Gasteiger partial charge in [-0.2, -0.15) is 0 Å². The van der Waals surface area contributed by atoms with E-state index in [0.29, 0.717) is 6.04 Å². The minimum Gasteiger partial charge on any atom is -0.310 e. The van der Waals surface area contributed by atoms with Crippen LogP contribution in [0.25, 0.3) is 0 Å². The molecule has 0 radical (unpaired) electrons. The molecule has 1 spiro atoms. The predicted octanol–water partition coefficient (Wildman–Crippen LogP) is 3.71. The Morgan fingerprint density at radius 2 is 2.00 bits per heavy atom. The zero-order valence-corrected chi connectivity index (χ0v) is 13.1. The third kappa shape index (κ3) is 3.46. The molecule has 1 heterocycles. The zero-order chi connectivity index (χ0) is 14.7. The highest BCUT2D eigenvalue weighted by Gasteiger charge is 2.36. The molecule has 1 saturated carbocycles. The molecule has 1 saturated heterocycles. The molecule has 1 aromatic carbocycles. The Labute approximate surface area is 127 Å². The average molecular weight is 290 g/mol. The fourth-order valence-corrected chi connectivity index (χ4v) is 3.95. The van der Waals surface area contributed by atoms with Gasteiger partial charge in [-0.25, -0.2) is 4.39 Å².